The lowest BCUT2D eigenvalue weighted by atomic mass is 10.0. The van der Waals surface area contributed by atoms with Crippen LogP contribution in [0.1, 0.15) is 37.3 Å². The number of carbonyl (C=O) groups is 1. The quantitative estimate of drug-likeness (QED) is 0.679. The molecule has 1 atom stereocenters. The summed E-state index contributed by atoms with van der Waals surface area (Å²) >= 11 is 0. The number of nitrogens with zero attached hydrogens (tertiary/aromatic N) is 1. The highest BCUT2D eigenvalue weighted by Crippen LogP contribution is 2.26. The summed E-state index contributed by atoms with van der Waals surface area (Å²) < 4.78 is 28.6. The summed E-state index contributed by atoms with van der Waals surface area (Å²) in [6.45, 7) is 4.71. The summed E-state index contributed by atoms with van der Waals surface area (Å²) in [6.07, 6.45) is 1.78. The molecule has 2 aromatic rings. The van der Waals surface area contributed by atoms with Gasteiger partial charge in [-0.2, -0.15) is 0 Å². The van der Waals surface area contributed by atoms with Gasteiger partial charge in [0, 0.05) is 23.4 Å². The highest BCUT2D eigenvalue weighted by atomic mass is 32.2. The molecule has 0 saturated heterocycles. The number of amides is 1. The van der Waals surface area contributed by atoms with Gasteiger partial charge in [-0.3, -0.25) is 4.79 Å². The van der Waals surface area contributed by atoms with E-state index >= 15 is 0 Å². The summed E-state index contributed by atoms with van der Waals surface area (Å²) in [6, 6.07) is 15.6. The average Bonchev–Trinajstić information content (AvgIpc) is 3.04. The lowest BCUT2D eigenvalue weighted by molar-refractivity contribution is -0.119. The molecule has 3 rings (SSSR count). The molecule has 0 saturated carbocycles. The maximum atomic E-state index is 13.1. The Morgan fingerprint density at radius 3 is 2.28 bits per heavy atom. The molecule has 6 heteroatoms. The van der Waals surface area contributed by atoms with Gasteiger partial charge in [0.1, 0.15) is 5.75 Å². The van der Waals surface area contributed by atoms with E-state index in [1.807, 2.05) is 36.4 Å². The summed E-state index contributed by atoms with van der Waals surface area (Å²) in [5.74, 6) is 0.774. The van der Waals surface area contributed by atoms with Crippen LogP contribution in [0.15, 0.2) is 60.0 Å². The Labute approximate surface area is 172 Å². The maximum absolute atomic E-state index is 13.1. The van der Waals surface area contributed by atoms with Gasteiger partial charge in [-0.15, -0.1) is 0 Å². The average molecular weight is 414 g/mol. The fourth-order valence-corrected chi connectivity index (χ4v) is 4.78. The Morgan fingerprint density at radius 1 is 1.10 bits per heavy atom. The Bertz CT molecular complexity index is 977. The first-order valence-electron chi connectivity index (χ1n) is 9.71. The summed E-state index contributed by atoms with van der Waals surface area (Å²) in [7, 11) is -1.58. The van der Waals surface area contributed by atoms with E-state index in [2.05, 4.69) is 26.0 Å². The molecule has 1 amide bonds. The van der Waals surface area contributed by atoms with Crippen molar-refractivity contribution in [2.45, 2.75) is 32.7 Å². The summed E-state index contributed by atoms with van der Waals surface area (Å²) in [4.78, 5) is 14.8. The Balaban J connectivity index is 1.82. The molecule has 1 aliphatic heterocycles. The van der Waals surface area contributed by atoms with Crippen LogP contribution in [0.3, 0.4) is 0 Å². The van der Waals surface area contributed by atoms with Gasteiger partial charge in [0.15, 0.2) is 9.84 Å². The number of anilines is 1. The van der Waals surface area contributed by atoms with Crippen LogP contribution in [-0.4, -0.2) is 27.2 Å². The van der Waals surface area contributed by atoms with Crippen molar-refractivity contribution in [1.82, 2.24) is 0 Å². The molecule has 0 spiro atoms. The van der Waals surface area contributed by atoms with Gasteiger partial charge in [0.2, 0.25) is 5.91 Å². The largest absolute Gasteiger partial charge is 0.497 e. The van der Waals surface area contributed by atoms with Crippen molar-refractivity contribution in [1.29, 1.82) is 0 Å². The van der Waals surface area contributed by atoms with Crippen LogP contribution >= 0.6 is 0 Å². The van der Waals surface area contributed by atoms with E-state index < -0.39 is 9.84 Å². The highest BCUT2D eigenvalue weighted by molar-refractivity contribution is 7.94. The molecule has 154 valence electrons. The van der Waals surface area contributed by atoms with Crippen LogP contribution in [-0.2, 0) is 21.2 Å². The minimum Gasteiger partial charge on any atom is -0.497 e. The van der Waals surface area contributed by atoms with Crippen LogP contribution < -0.4 is 9.64 Å². The number of hydrogen-bond donors (Lipinski definition) is 0. The van der Waals surface area contributed by atoms with Crippen molar-refractivity contribution in [3.05, 3.63) is 71.1 Å². The zero-order valence-corrected chi connectivity index (χ0v) is 17.9. The van der Waals surface area contributed by atoms with Crippen molar-refractivity contribution >= 4 is 21.4 Å². The van der Waals surface area contributed by atoms with E-state index in [9.17, 15) is 13.2 Å². The second kappa shape index (κ2) is 8.82. The molecule has 5 nitrogen and oxygen atoms in total. The van der Waals surface area contributed by atoms with Crippen LogP contribution in [0.25, 0.3) is 0 Å². The second-order valence-corrected chi connectivity index (χ2v) is 9.63. The van der Waals surface area contributed by atoms with Crippen LogP contribution in [0.4, 0.5) is 5.69 Å². The second-order valence-electron chi connectivity index (χ2n) is 7.70. The van der Waals surface area contributed by atoms with Crippen molar-refractivity contribution in [2.24, 2.45) is 5.92 Å². The minimum atomic E-state index is -3.18. The number of methoxy groups -OCH3 is 1. The first-order chi connectivity index (χ1) is 13.8. The third-order valence-corrected chi connectivity index (χ3v) is 6.58. The molecule has 0 N–H and O–H groups in total. The fourth-order valence-electron chi connectivity index (χ4n) is 3.38. The van der Waals surface area contributed by atoms with E-state index in [1.165, 1.54) is 11.0 Å². The molecule has 0 fully saturated rings. The first-order valence-corrected chi connectivity index (χ1v) is 11.4. The fraction of sp³-hybridized carbons (Fsp3) is 0.348. The molecule has 29 heavy (non-hydrogen) atoms. The van der Waals surface area contributed by atoms with Crippen LogP contribution in [0.5, 0.6) is 5.75 Å². The smallest absolute Gasteiger partial charge is 0.227 e. The monoisotopic (exact) mass is 413 g/mol. The first kappa shape index (κ1) is 21.1. The molecule has 1 heterocycles. The lowest BCUT2D eigenvalue weighted by Gasteiger charge is -2.24. The Kier molecular flexibility index (Phi) is 6.42. The van der Waals surface area contributed by atoms with E-state index in [0.717, 1.165) is 11.3 Å². The van der Waals surface area contributed by atoms with Gasteiger partial charge >= 0.3 is 0 Å². The molecule has 1 aliphatic rings. The minimum absolute atomic E-state index is 0.00171. The SMILES string of the molecule is COc1ccc(N(Cc2ccc(C(C)C)cc2)C(=O)CC2C=CS(=O)(=O)C2)cc1. The van der Waals surface area contributed by atoms with Gasteiger partial charge in [-0.25, -0.2) is 8.42 Å². The van der Waals surface area contributed by atoms with Gasteiger partial charge in [-0.05, 0) is 41.3 Å². The molecule has 0 aliphatic carbocycles. The predicted octanol–water partition coefficient (Wildman–Crippen LogP) is 4.30. The molecule has 1 unspecified atom stereocenters. The number of rotatable bonds is 7. The summed E-state index contributed by atoms with van der Waals surface area (Å²) in [5, 5.41) is 1.22. The summed E-state index contributed by atoms with van der Waals surface area (Å²) in [5.41, 5.74) is 3.03. The normalized spacial score (nSPS) is 17.4. The van der Waals surface area contributed by atoms with E-state index in [4.69, 9.17) is 4.74 Å². The molecule has 0 bridgehead atoms. The topological polar surface area (TPSA) is 63.7 Å². The number of hydrogen-bond acceptors (Lipinski definition) is 4. The number of benzene rings is 2. The number of carbonyl (C=O) groups excluding carboxylic acids is 1. The molecular formula is C23H27NO4S. The highest BCUT2D eigenvalue weighted by Gasteiger charge is 2.26. The Morgan fingerprint density at radius 2 is 1.76 bits per heavy atom. The molecular weight excluding hydrogens is 386 g/mol. The Hall–Kier alpha value is -2.60. The van der Waals surface area contributed by atoms with Gasteiger partial charge in [-0.1, -0.05) is 44.2 Å². The third-order valence-electron chi connectivity index (χ3n) is 5.11. The number of allylic oxidation sites excluding steroid dienone is 1. The zero-order valence-electron chi connectivity index (χ0n) is 17.0. The predicted molar refractivity (Wildman–Crippen MR) is 116 cm³/mol. The van der Waals surface area contributed by atoms with E-state index in [1.54, 1.807) is 18.1 Å². The van der Waals surface area contributed by atoms with Crippen molar-refractivity contribution in [2.75, 3.05) is 17.8 Å². The van der Waals surface area contributed by atoms with Crippen LogP contribution in [0, 0.1) is 5.92 Å². The molecule has 2 aromatic carbocycles. The van der Waals surface area contributed by atoms with Crippen molar-refractivity contribution in [3.63, 3.8) is 0 Å². The standard InChI is InChI=1S/C23H27NO4S/c1-17(2)20-6-4-18(5-7-20)15-24(21-8-10-22(28-3)11-9-21)23(25)14-19-12-13-29(26,27)16-19/h4-13,17,19H,14-16H2,1-3H3. The van der Waals surface area contributed by atoms with Gasteiger partial charge in [0.05, 0.1) is 19.4 Å². The third kappa shape index (κ3) is 5.48. The molecule has 0 aromatic heterocycles. The van der Waals surface area contributed by atoms with E-state index in [0.29, 0.717) is 18.2 Å². The van der Waals surface area contributed by atoms with Crippen molar-refractivity contribution < 1.29 is 17.9 Å². The van der Waals surface area contributed by atoms with Crippen molar-refractivity contribution in [3.8, 4) is 5.75 Å². The lowest BCUT2D eigenvalue weighted by Crippen LogP contribution is -2.32. The maximum Gasteiger partial charge on any atom is 0.227 e. The van der Waals surface area contributed by atoms with Gasteiger partial charge in [0.25, 0.3) is 0 Å². The number of ether oxygens (including phenoxy) is 1. The number of sulfone groups is 1. The molecule has 0 radical (unpaired) electrons. The van der Waals surface area contributed by atoms with Gasteiger partial charge < -0.3 is 9.64 Å². The van der Waals surface area contributed by atoms with E-state index in [-0.39, 0.29) is 24.0 Å². The van der Waals surface area contributed by atoms with Crippen LogP contribution in [0.2, 0.25) is 0 Å². The zero-order chi connectivity index (χ0) is 21.0.